The molecule has 0 bridgehead atoms. The molecule has 3 atom stereocenters. The Morgan fingerprint density at radius 2 is 2.21 bits per heavy atom. The SMILES string of the molecule is CC1C(N)NNC1c1ccc(F)cn1. The third-order valence-corrected chi connectivity index (χ3v) is 2.57. The molecule has 1 aliphatic rings. The van der Waals surface area contributed by atoms with Gasteiger partial charge in [0.25, 0.3) is 0 Å². The van der Waals surface area contributed by atoms with Gasteiger partial charge >= 0.3 is 0 Å². The molecule has 2 rings (SSSR count). The van der Waals surface area contributed by atoms with Gasteiger partial charge in [-0.1, -0.05) is 6.92 Å². The predicted molar refractivity (Wildman–Crippen MR) is 50.3 cm³/mol. The van der Waals surface area contributed by atoms with Crippen LogP contribution in [-0.4, -0.2) is 11.1 Å². The molecular weight excluding hydrogens is 183 g/mol. The lowest BCUT2D eigenvalue weighted by Crippen LogP contribution is -2.38. The van der Waals surface area contributed by atoms with Crippen molar-refractivity contribution in [3.05, 3.63) is 29.8 Å². The number of hydrazine groups is 1. The van der Waals surface area contributed by atoms with Crippen molar-refractivity contribution < 1.29 is 4.39 Å². The summed E-state index contributed by atoms with van der Waals surface area (Å²) in [5, 5.41) is 0. The maximum Gasteiger partial charge on any atom is 0.141 e. The first kappa shape index (κ1) is 9.51. The Morgan fingerprint density at radius 1 is 1.43 bits per heavy atom. The van der Waals surface area contributed by atoms with Crippen LogP contribution in [0, 0.1) is 11.7 Å². The average molecular weight is 196 g/mol. The highest BCUT2D eigenvalue weighted by atomic mass is 19.1. The fraction of sp³-hybridized carbons (Fsp3) is 0.444. The highest BCUT2D eigenvalue weighted by Crippen LogP contribution is 2.24. The van der Waals surface area contributed by atoms with Gasteiger partial charge in [-0.15, -0.1) is 0 Å². The summed E-state index contributed by atoms with van der Waals surface area (Å²) in [6, 6.07) is 3.12. The van der Waals surface area contributed by atoms with Gasteiger partial charge in [-0.25, -0.2) is 15.2 Å². The highest BCUT2D eigenvalue weighted by Gasteiger charge is 2.31. The van der Waals surface area contributed by atoms with Gasteiger partial charge in [0.15, 0.2) is 0 Å². The first-order chi connectivity index (χ1) is 6.68. The standard InChI is InChI=1S/C9H13FN4/c1-5-8(13-14-9(5)11)7-3-2-6(10)4-12-7/h2-5,8-9,13-14H,11H2,1H3. The van der Waals surface area contributed by atoms with Crippen molar-refractivity contribution in [3.8, 4) is 0 Å². The molecule has 4 nitrogen and oxygen atoms in total. The van der Waals surface area contributed by atoms with Gasteiger partial charge in [0.05, 0.1) is 24.1 Å². The molecule has 76 valence electrons. The number of rotatable bonds is 1. The smallest absolute Gasteiger partial charge is 0.141 e. The van der Waals surface area contributed by atoms with Crippen LogP contribution in [0.5, 0.6) is 0 Å². The zero-order valence-electron chi connectivity index (χ0n) is 7.87. The van der Waals surface area contributed by atoms with Gasteiger partial charge in [0, 0.05) is 5.92 Å². The van der Waals surface area contributed by atoms with Crippen LogP contribution in [0.3, 0.4) is 0 Å². The minimum absolute atomic E-state index is 0.0469. The summed E-state index contributed by atoms with van der Waals surface area (Å²) in [6.07, 6.45) is 1.12. The minimum Gasteiger partial charge on any atom is -0.315 e. The highest BCUT2D eigenvalue weighted by molar-refractivity contribution is 5.12. The van der Waals surface area contributed by atoms with E-state index in [1.54, 1.807) is 6.07 Å². The summed E-state index contributed by atoms with van der Waals surface area (Å²) in [4.78, 5) is 4.01. The van der Waals surface area contributed by atoms with Crippen LogP contribution < -0.4 is 16.6 Å². The second-order valence-electron chi connectivity index (χ2n) is 3.55. The molecule has 1 aromatic rings. The summed E-state index contributed by atoms with van der Waals surface area (Å²) in [7, 11) is 0. The fourth-order valence-electron chi connectivity index (χ4n) is 1.57. The first-order valence-corrected chi connectivity index (χ1v) is 4.56. The Kier molecular flexibility index (Phi) is 2.45. The molecule has 0 aliphatic carbocycles. The monoisotopic (exact) mass is 196 g/mol. The Labute approximate surface area is 81.7 Å². The molecule has 0 radical (unpaired) electrons. The summed E-state index contributed by atoms with van der Waals surface area (Å²) in [5.74, 6) is -0.0929. The van der Waals surface area contributed by atoms with E-state index in [9.17, 15) is 4.39 Å². The Bertz CT molecular complexity index is 313. The number of pyridine rings is 1. The number of nitrogens with zero attached hydrogens (tertiary/aromatic N) is 1. The van der Waals surface area contributed by atoms with Crippen molar-refractivity contribution in [1.29, 1.82) is 0 Å². The minimum atomic E-state index is -0.323. The van der Waals surface area contributed by atoms with Gasteiger partial charge in [-0.05, 0) is 12.1 Å². The molecule has 5 heteroatoms. The van der Waals surface area contributed by atoms with Crippen LogP contribution in [0.15, 0.2) is 18.3 Å². The number of aromatic nitrogens is 1. The Hall–Kier alpha value is -1.04. The molecule has 4 N–H and O–H groups in total. The van der Waals surface area contributed by atoms with Crippen LogP contribution in [-0.2, 0) is 0 Å². The lowest BCUT2D eigenvalue weighted by molar-refractivity contribution is 0.455. The number of hydrogen-bond donors (Lipinski definition) is 3. The van der Waals surface area contributed by atoms with Crippen molar-refractivity contribution in [2.24, 2.45) is 11.7 Å². The van der Waals surface area contributed by atoms with E-state index in [4.69, 9.17) is 5.73 Å². The second-order valence-corrected chi connectivity index (χ2v) is 3.55. The molecule has 0 amide bonds. The topological polar surface area (TPSA) is 63.0 Å². The predicted octanol–water partition coefficient (Wildman–Crippen LogP) is 0.290. The van der Waals surface area contributed by atoms with Crippen LogP contribution in [0.25, 0.3) is 0 Å². The number of hydrogen-bond acceptors (Lipinski definition) is 4. The van der Waals surface area contributed by atoms with Crippen LogP contribution in [0.1, 0.15) is 18.7 Å². The first-order valence-electron chi connectivity index (χ1n) is 4.56. The molecule has 0 aromatic carbocycles. The maximum atomic E-state index is 12.6. The second kappa shape index (κ2) is 3.61. The van der Waals surface area contributed by atoms with Gasteiger partial charge in [0.2, 0.25) is 0 Å². The van der Waals surface area contributed by atoms with Gasteiger partial charge < -0.3 is 5.73 Å². The van der Waals surface area contributed by atoms with Gasteiger partial charge in [-0.3, -0.25) is 4.98 Å². The summed E-state index contributed by atoms with van der Waals surface area (Å²) < 4.78 is 12.6. The fourth-order valence-corrected chi connectivity index (χ4v) is 1.57. The van der Waals surface area contributed by atoms with Crippen molar-refractivity contribution >= 4 is 0 Å². The van der Waals surface area contributed by atoms with Crippen LogP contribution in [0.2, 0.25) is 0 Å². The zero-order chi connectivity index (χ0) is 10.1. The van der Waals surface area contributed by atoms with Crippen LogP contribution in [0.4, 0.5) is 4.39 Å². The molecule has 1 saturated heterocycles. The van der Waals surface area contributed by atoms with Gasteiger partial charge in [0.1, 0.15) is 5.82 Å². The summed E-state index contributed by atoms with van der Waals surface area (Å²) in [6.45, 7) is 2.02. The molecule has 2 heterocycles. The average Bonchev–Trinajstić information content (AvgIpc) is 2.50. The van der Waals surface area contributed by atoms with Crippen molar-refractivity contribution in [3.63, 3.8) is 0 Å². The van der Waals surface area contributed by atoms with Crippen molar-refractivity contribution in [2.75, 3.05) is 0 Å². The number of halogens is 1. The molecule has 3 unspecified atom stereocenters. The quantitative estimate of drug-likeness (QED) is 0.604. The Morgan fingerprint density at radius 3 is 2.71 bits per heavy atom. The van der Waals surface area contributed by atoms with E-state index in [2.05, 4.69) is 15.8 Å². The van der Waals surface area contributed by atoms with Crippen molar-refractivity contribution in [1.82, 2.24) is 15.8 Å². The third kappa shape index (κ3) is 1.61. The summed E-state index contributed by atoms with van der Waals surface area (Å²) >= 11 is 0. The molecule has 1 aromatic heterocycles. The number of nitrogens with two attached hydrogens (primary N) is 1. The molecule has 14 heavy (non-hydrogen) atoms. The molecule has 0 spiro atoms. The zero-order valence-corrected chi connectivity index (χ0v) is 7.87. The van der Waals surface area contributed by atoms with E-state index in [1.807, 2.05) is 6.92 Å². The molecule has 1 aliphatic heterocycles. The lowest BCUT2D eigenvalue weighted by Gasteiger charge is -2.14. The van der Waals surface area contributed by atoms with Gasteiger partial charge in [-0.2, -0.15) is 0 Å². The molecular formula is C9H13FN4. The molecule has 1 fully saturated rings. The maximum absolute atomic E-state index is 12.6. The lowest BCUT2D eigenvalue weighted by atomic mass is 9.99. The van der Waals surface area contributed by atoms with E-state index in [1.165, 1.54) is 12.3 Å². The third-order valence-electron chi connectivity index (χ3n) is 2.57. The van der Waals surface area contributed by atoms with E-state index < -0.39 is 0 Å². The van der Waals surface area contributed by atoms with Crippen LogP contribution >= 0.6 is 0 Å². The van der Waals surface area contributed by atoms with E-state index in [-0.39, 0.29) is 23.9 Å². The van der Waals surface area contributed by atoms with E-state index in [0.717, 1.165) is 5.69 Å². The normalized spacial score (nSPS) is 32.1. The van der Waals surface area contributed by atoms with E-state index >= 15 is 0 Å². The molecule has 0 saturated carbocycles. The number of nitrogens with one attached hydrogen (secondary N) is 2. The summed E-state index contributed by atoms with van der Waals surface area (Å²) in [5.41, 5.74) is 12.5. The Balaban J connectivity index is 2.19. The van der Waals surface area contributed by atoms with Crippen molar-refractivity contribution in [2.45, 2.75) is 19.1 Å². The van der Waals surface area contributed by atoms with E-state index in [0.29, 0.717) is 0 Å². The largest absolute Gasteiger partial charge is 0.315 e.